The summed E-state index contributed by atoms with van der Waals surface area (Å²) in [5, 5.41) is 6.77. The van der Waals surface area contributed by atoms with Gasteiger partial charge in [0.25, 0.3) is 0 Å². The summed E-state index contributed by atoms with van der Waals surface area (Å²) >= 11 is 12.3. The van der Waals surface area contributed by atoms with Crippen LogP contribution < -0.4 is 20.3 Å². The van der Waals surface area contributed by atoms with Gasteiger partial charge in [0, 0.05) is 23.4 Å². The molecule has 1 aliphatic heterocycles. The lowest BCUT2D eigenvalue weighted by Gasteiger charge is -2.35. The fourth-order valence-electron chi connectivity index (χ4n) is 5.85. The Morgan fingerprint density at radius 2 is 1.60 bits per heavy atom. The molecule has 11 heteroatoms. The van der Waals surface area contributed by atoms with Crippen LogP contribution in [0.15, 0.2) is 102 Å². The summed E-state index contributed by atoms with van der Waals surface area (Å²) in [5.41, 5.74) is 2.68. The van der Waals surface area contributed by atoms with E-state index in [4.69, 9.17) is 27.9 Å². The van der Waals surface area contributed by atoms with E-state index in [1.165, 1.54) is 29.2 Å². The number of nitrogens with one attached hydrogen (secondary N) is 2. The molecule has 0 spiro atoms. The number of hydrogen-bond acceptors (Lipinski definition) is 4. The van der Waals surface area contributed by atoms with Gasteiger partial charge in [-0.2, -0.15) is 13.2 Å². The molecule has 0 bridgehead atoms. The van der Waals surface area contributed by atoms with Crippen molar-refractivity contribution in [3.8, 4) is 5.75 Å². The highest BCUT2D eigenvalue weighted by atomic mass is 35.5. The second kappa shape index (κ2) is 12.1. The summed E-state index contributed by atoms with van der Waals surface area (Å²) < 4.78 is 45.9. The Bertz CT molecular complexity index is 1810. The number of ketones is 1. The number of ether oxygens (including phenoxy) is 1. The second-order valence-corrected chi connectivity index (χ2v) is 11.6. The molecule has 1 aliphatic carbocycles. The topological polar surface area (TPSA) is 70.7 Å². The quantitative estimate of drug-likeness (QED) is 0.230. The Kier molecular flexibility index (Phi) is 8.24. The first kappa shape index (κ1) is 30.6. The number of fused-ring (bicyclic) bond motifs is 1. The van der Waals surface area contributed by atoms with Gasteiger partial charge >= 0.3 is 12.2 Å². The largest absolute Gasteiger partial charge is 0.497 e. The molecule has 230 valence electrons. The number of urea groups is 1. The number of Topliss-reactive ketones (excluding diaryl/α,β-unsaturated/α-hetero) is 1. The third-order valence-corrected chi connectivity index (χ3v) is 8.76. The summed E-state index contributed by atoms with van der Waals surface area (Å²) in [7, 11) is 1.58. The molecule has 6 nitrogen and oxygen atoms in total. The van der Waals surface area contributed by atoms with Gasteiger partial charge in [-0.3, -0.25) is 9.69 Å². The van der Waals surface area contributed by atoms with E-state index >= 15 is 0 Å². The van der Waals surface area contributed by atoms with Crippen LogP contribution >= 0.6 is 23.2 Å². The molecule has 4 aromatic carbocycles. The van der Waals surface area contributed by atoms with Gasteiger partial charge < -0.3 is 15.4 Å². The first-order chi connectivity index (χ1) is 21.5. The highest BCUT2D eigenvalue weighted by Gasteiger charge is 2.42. The molecule has 0 unspecified atom stereocenters. The van der Waals surface area contributed by atoms with Crippen LogP contribution in [-0.2, 0) is 11.0 Å². The average molecular weight is 653 g/mol. The van der Waals surface area contributed by atoms with Crippen LogP contribution in [0.2, 0.25) is 10.0 Å². The number of alkyl halides is 3. The number of benzene rings is 4. The van der Waals surface area contributed by atoms with Crippen LogP contribution in [0.25, 0.3) is 0 Å². The normalized spacial score (nSPS) is 18.0. The van der Waals surface area contributed by atoms with Crippen molar-refractivity contribution in [1.82, 2.24) is 0 Å². The first-order valence-corrected chi connectivity index (χ1v) is 14.8. The van der Waals surface area contributed by atoms with Crippen LogP contribution in [0.3, 0.4) is 0 Å². The lowest BCUT2D eigenvalue weighted by molar-refractivity contribution is -0.137. The highest BCUT2D eigenvalue weighted by Crippen LogP contribution is 2.48. The number of nitrogens with zero attached hydrogens (tertiary/aromatic N) is 1. The molecular weight excluding hydrogens is 626 g/mol. The van der Waals surface area contributed by atoms with Crippen LogP contribution in [0.5, 0.6) is 5.75 Å². The molecule has 6 rings (SSSR count). The molecule has 0 radical (unpaired) electrons. The van der Waals surface area contributed by atoms with Crippen molar-refractivity contribution in [3.05, 3.63) is 129 Å². The Morgan fingerprint density at radius 1 is 0.911 bits per heavy atom. The molecule has 0 aromatic heterocycles. The number of halogens is 5. The SMILES string of the molecule is COc1ccc([C@@H]2CC(=O)C3=C(C2)Nc2ccccc2N(C(=O)Nc2ccc(Cl)c(Cl)c2)[C@@H]3c2ccc(C(F)(F)F)cc2)cc1. The van der Waals surface area contributed by atoms with Gasteiger partial charge in [0.05, 0.1) is 40.1 Å². The van der Waals surface area contributed by atoms with Crippen LogP contribution in [0.1, 0.15) is 41.5 Å². The number of carbonyl (C=O) groups is 2. The van der Waals surface area contributed by atoms with Crippen molar-refractivity contribution in [1.29, 1.82) is 0 Å². The molecule has 2 N–H and O–H groups in total. The minimum Gasteiger partial charge on any atom is -0.497 e. The molecule has 0 saturated carbocycles. The van der Waals surface area contributed by atoms with E-state index < -0.39 is 23.8 Å². The number of carbonyl (C=O) groups excluding carboxylic acids is 2. The summed E-state index contributed by atoms with van der Waals surface area (Å²) in [5.74, 6) is 0.287. The Balaban J connectivity index is 1.50. The zero-order valence-corrected chi connectivity index (χ0v) is 25.3. The number of methoxy groups -OCH3 is 1. The van der Waals surface area contributed by atoms with Gasteiger partial charge in [-0.15, -0.1) is 0 Å². The number of anilines is 3. The van der Waals surface area contributed by atoms with Crippen LogP contribution in [-0.4, -0.2) is 18.9 Å². The van der Waals surface area contributed by atoms with Crippen molar-refractivity contribution in [3.63, 3.8) is 0 Å². The number of para-hydroxylation sites is 2. The third-order valence-electron chi connectivity index (χ3n) is 8.02. The van der Waals surface area contributed by atoms with Crippen LogP contribution in [0.4, 0.5) is 35.0 Å². The standard InChI is InChI=1S/C34H26Cl2F3N3O3/c1-45-24-13-8-19(9-14-24)21-16-28-31(30(43)17-21)32(20-6-10-22(11-7-20)34(37,38)39)42(29-5-3-2-4-27(29)41-28)33(44)40-23-12-15-25(35)26(36)18-23/h2-15,18,21,32,41H,16-17H2,1H3,(H,40,44)/t21-,32+/m0/s1. The van der Waals surface area contributed by atoms with Crippen molar-refractivity contribution >= 4 is 52.1 Å². The first-order valence-electron chi connectivity index (χ1n) is 14.0. The molecule has 45 heavy (non-hydrogen) atoms. The van der Waals surface area contributed by atoms with E-state index in [9.17, 15) is 22.8 Å². The minimum absolute atomic E-state index is 0.141. The maximum atomic E-state index is 14.2. The number of hydrogen-bond donors (Lipinski definition) is 2. The molecule has 1 heterocycles. The van der Waals surface area contributed by atoms with Gasteiger partial charge in [0.15, 0.2) is 5.78 Å². The van der Waals surface area contributed by atoms with E-state index in [2.05, 4.69) is 10.6 Å². The zero-order chi connectivity index (χ0) is 31.9. The van der Waals surface area contributed by atoms with Crippen molar-refractivity contribution < 1.29 is 27.5 Å². The maximum absolute atomic E-state index is 14.2. The molecular formula is C34H26Cl2F3N3O3. The third kappa shape index (κ3) is 6.10. The van der Waals surface area contributed by atoms with Gasteiger partial charge in [0.1, 0.15) is 5.75 Å². The van der Waals surface area contributed by atoms with Crippen molar-refractivity contribution in [2.45, 2.75) is 31.0 Å². The molecule has 4 aromatic rings. The fraction of sp³-hybridized carbons (Fsp3) is 0.176. The van der Waals surface area contributed by atoms with Gasteiger partial charge in [-0.1, -0.05) is 59.6 Å². The Labute approximate surface area is 267 Å². The number of allylic oxidation sites excluding steroid dienone is 1. The van der Waals surface area contributed by atoms with E-state index in [1.807, 2.05) is 24.3 Å². The van der Waals surface area contributed by atoms with E-state index in [0.717, 1.165) is 17.7 Å². The van der Waals surface area contributed by atoms with Crippen molar-refractivity contribution in [2.75, 3.05) is 22.6 Å². The van der Waals surface area contributed by atoms with Crippen molar-refractivity contribution in [2.24, 2.45) is 0 Å². The molecule has 2 aliphatic rings. The lowest BCUT2D eigenvalue weighted by atomic mass is 9.78. The van der Waals surface area contributed by atoms with E-state index in [-0.39, 0.29) is 23.1 Å². The average Bonchev–Trinajstić information content (AvgIpc) is 3.17. The Morgan fingerprint density at radius 3 is 2.27 bits per heavy atom. The minimum atomic E-state index is -4.56. The van der Waals surface area contributed by atoms with Gasteiger partial charge in [-0.05, 0) is 78.1 Å². The lowest BCUT2D eigenvalue weighted by Crippen LogP contribution is -2.41. The molecule has 2 amide bonds. The maximum Gasteiger partial charge on any atom is 0.416 e. The molecule has 0 fully saturated rings. The monoisotopic (exact) mass is 651 g/mol. The predicted molar refractivity (Wildman–Crippen MR) is 169 cm³/mol. The molecule has 0 saturated heterocycles. The predicted octanol–water partition coefficient (Wildman–Crippen LogP) is 9.63. The second-order valence-electron chi connectivity index (χ2n) is 10.8. The summed E-state index contributed by atoms with van der Waals surface area (Å²) in [6.07, 6.45) is -3.98. The van der Waals surface area contributed by atoms with Gasteiger partial charge in [0.2, 0.25) is 0 Å². The van der Waals surface area contributed by atoms with Crippen LogP contribution in [0, 0.1) is 0 Å². The summed E-state index contributed by atoms with van der Waals surface area (Å²) in [6.45, 7) is 0. The van der Waals surface area contributed by atoms with Gasteiger partial charge in [-0.25, -0.2) is 4.79 Å². The number of rotatable bonds is 4. The smallest absolute Gasteiger partial charge is 0.416 e. The van der Waals surface area contributed by atoms with E-state index in [1.54, 1.807) is 37.4 Å². The fourth-order valence-corrected chi connectivity index (χ4v) is 6.15. The number of amides is 2. The molecule has 2 atom stereocenters. The summed E-state index contributed by atoms with van der Waals surface area (Å²) in [4.78, 5) is 29.8. The van der Waals surface area contributed by atoms with E-state index in [0.29, 0.717) is 51.1 Å². The zero-order valence-electron chi connectivity index (χ0n) is 23.8. The Hall–Kier alpha value is -4.47. The highest BCUT2D eigenvalue weighted by molar-refractivity contribution is 6.42. The summed E-state index contributed by atoms with van der Waals surface area (Å²) in [6, 6.07) is 22.0.